The van der Waals surface area contributed by atoms with Crippen LogP contribution in [0.25, 0.3) is 0 Å². The normalized spacial score (nSPS) is 23.3. The Morgan fingerprint density at radius 3 is 2.90 bits per heavy atom. The van der Waals surface area contributed by atoms with Gasteiger partial charge in [0, 0.05) is 38.4 Å². The lowest BCUT2D eigenvalue weighted by molar-refractivity contribution is -0.131. The molecule has 0 aliphatic carbocycles. The zero-order valence-electron chi connectivity index (χ0n) is 11.8. The summed E-state index contributed by atoms with van der Waals surface area (Å²) in [4.78, 5) is 30.2. The van der Waals surface area contributed by atoms with Crippen LogP contribution in [0, 0.1) is 5.92 Å². The number of nitrogens with one attached hydrogen (secondary N) is 1. The number of pyridine rings is 1. The highest BCUT2D eigenvalue weighted by Crippen LogP contribution is 2.25. The molecule has 0 unspecified atom stereocenters. The minimum Gasteiger partial charge on any atom is -0.381 e. The van der Waals surface area contributed by atoms with Crippen LogP contribution in [0.3, 0.4) is 0 Å². The van der Waals surface area contributed by atoms with Crippen LogP contribution in [0.4, 0.5) is 5.69 Å². The first-order chi connectivity index (χ1) is 10.2. The molecule has 1 aromatic rings. The maximum absolute atomic E-state index is 12.2. The second-order valence-electron chi connectivity index (χ2n) is 5.52. The van der Waals surface area contributed by atoms with Crippen molar-refractivity contribution in [1.29, 1.82) is 0 Å². The van der Waals surface area contributed by atoms with E-state index in [1.54, 1.807) is 24.5 Å². The minimum absolute atomic E-state index is 0.0771. The molecular formula is C15H19N3O3. The Kier molecular flexibility index (Phi) is 4.15. The Morgan fingerprint density at radius 2 is 2.19 bits per heavy atom. The topological polar surface area (TPSA) is 71.5 Å². The van der Waals surface area contributed by atoms with Crippen molar-refractivity contribution in [3.63, 3.8) is 0 Å². The van der Waals surface area contributed by atoms with Crippen LogP contribution in [-0.4, -0.2) is 47.5 Å². The third-order valence-electron chi connectivity index (χ3n) is 4.09. The first-order valence-electron chi connectivity index (χ1n) is 7.32. The largest absolute Gasteiger partial charge is 0.381 e. The molecule has 2 aliphatic heterocycles. The second kappa shape index (κ2) is 6.22. The summed E-state index contributed by atoms with van der Waals surface area (Å²) in [6.45, 7) is 1.90. The van der Waals surface area contributed by atoms with Crippen molar-refractivity contribution in [3.8, 4) is 0 Å². The van der Waals surface area contributed by atoms with E-state index in [1.165, 1.54) is 0 Å². The monoisotopic (exact) mass is 289 g/mol. The van der Waals surface area contributed by atoms with Gasteiger partial charge in [-0.2, -0.15) is 0 Å². The number of carbonyl (C=O) groups excluding carboxylic acids is 2. The molecule has 2 aliphatic rings. The van der Waals surface area contributed by atoms with Gasteiger partial charge in [0.15, 0.2) is 0 Å². The number of ether oxygens (including phenoxy) is 1. The highest BCUT2D eigenvalue weighted by atomic mass is 16.5. The highest BCUT2D eigenvalue weighted by Gasteiger charge is 2.38. The average molecular weight is 289 g/mol. The lowest BCUT2D eigenvalue weighted by Gasteiger charge is -2.31. The second-order valence-corrected chi connectivity index (χ2v) is 5.52. The maximum Gasteiger partial charge on any atom is 0.229 e. The van der Waals surface area contributed by atoms with Crippen LogP contribution in [0.1, 0.15) is 19.3 Å². The van der Waals surface area contributed by atoms with E-state index < -0.39 is 0 Å². The number of likely N-dealkylation sites (tertiary alicyclic amines) is 1. The van der Waals surface area contributed by atoms with Crippen LogP contribution in [0.15, 0.2) is 24.5 Å². The Morgan fingerprint density at radius 1 is 1.38 bits per heavy atom. The number of amides is 2. The van der Waals surface area contributed by atoms with Gasteiger partial charge in [0.1, 0.15) is 0 Å². The van der Waals surface area contributed by atoms with E-state index in [4.69, 9.17) is 4.74 Å². The van der Waals surface area contributed by atoms with E-state index in [1.807, 2.05) is 4.90 Å². The SMILES string of the molecule is O=C(Nc1cccnc1)[C@@H]1CC(=O)N(C2CCOCC2)C1. The molecule has 6 nitrogen and oxygen atoms in total. The molecule has 1 aromatic heterocycles. The highest BCUT2D eigenvalue weighted by molar-refractivity contribution is 5.97. The smallest absolute Gasteiger partial charge is 0.229 e. The fourth-order valence-corrected chi connectivity index (χ4v) is 2.94. The van der Waals surface area contributed by atoms with Gasteiger partial charge >= 0.3 is 0 Å². The molecule has 1 atom stereocenters. The molecule has 1 N–H and O–H groups in total. The van der Waals surface area contributed by atoms with Gasteiger partial charge in [0.05, 0.1) is 17.8 Å². The van der Waals surface area contributed by atoms with Gasteiger partial charge in [-0.05, 0) is 25.0 Å². The zero-order chi connectivity index (χ0) is 14.7. The molecule has 2 saturated heterocycles. The fraction of sp³-hybridized carbons (Fsp3) is 0.533. The Hall–Kier alpha value is -1.95. The van der Waals surface area contributed by atoms with Crippen LogP contribution < -0.4 is 5.32 Å². The average Bonchev–Trinajstić information content (AvgIpc) is 2.91. The van der Waals surface area contributed by atoms with Crippen molar-refractivity contribution in [2.75, 3.05) is 25.1 Å². The van der Waals surface area contributed by atoms with E-state index in [2.05, 4.69) is 10.3 Å². The van der Waals surface area contributed by atoms with Crippen molar-refractivity contribution in [1.82, 2.24) is 9.88 Å². The third-order valence-corrected chi connectivity index (χ3v) is 4.09. The molecule has 112 valence electrons. The molecule has 0 saturated carbocycles. The van der Waals surface area contributed by atoms with Gasteiger partial charge in [-0.1, -0.05) is 0 Å². The van der Waals surface area contributed by atoms with E-state index in [0.29, 0.717) is 31.9 Å². The predicted molar refractivity (Wildman–Crippen MR) is 76.5 cm³/mol. The van der Waals surface area contributed by atoms with E-state index in [-0.39, 0.29) is 23.8 Å². The molecule has 2 fully saturated rings. The van der Waals surface area contributed by atoms with Crippen molar-refractivity contribution >= 4 is 17.5 Å². The minimum atomic E-state index is -0.277. The third kappa shape index (κ3) is 3.21. The summed E-state index contributed by atoms with van der Waals surface area (Å²) in [5, 5.41) is 2.82. The van der Waals surface area contributed by atoms with Crippen LogP contribution >= 0.6 is 0 Å². The first kappa shape index (κ1) is 14.0. The van der Waals surface area contributed by atoms with Crippen molar-refractivity contribution in [2.24, 2.45) is 5.92 Å². The predicted octanol–water partition coefficient (Wildman–Crippen LogP) is 1.05. The van der Waals surface area contributed by atoms with Gasteiger partial charge < -0.3 is 15.0 Å². The lowest BCUT2D eigenvalue weighted by atomic mass is 10.1. The summed E-state index contributed by atoms with van der Waals surface area (Å²) >= 11 is 0. The molecule has 0 radical (unpaired) electrons. The van der Waals surface area contributed by atoms with Crippen LogP contribution in [0.5, 0.6) is 0 Å². The Labute approximate surface area is 123 Å². The van der Waals surface area contributed by atoms with Crippen molar-refractivity contribution in [2.45, 2.75) is 25.3 Å². The molecule has 0 spiro atoms. The maximum atomic E-state index is 12.2. The lowest BCUT2D eigenvalue weighted by Crippen LogP contribution is -2.41. The molecule has 0 aromatic carbocycles. The number of carbonyl (C=O) groups is 2. The summed E-state index contributed by atoms with van der Waals surface area (Å²) in [5.41, 5.74) is 0.666. The van der Waals surface area contributed by atoms with Crippen molar-refractivity contribution < 1.29 is 14.3 Å². The number of nitrogens with zero attached hydrogens (tertiary/aromatic N) is 2. The number of hydrogen-bond acceptors (Lipinski definition) is 4. The van der Waals surface area contributed by atoms with Crippen molar-refractivity contribution in [3.05, 3.63) is 24.5 Å². The molecular weight excluding hydrogens is 270 g/mol. The van der Waals surface area contributed by atoms with Gasteiger partial charge in [-0.25, -0.2) is 0 Å². The summed E-state index contributed by atoms with van der Waals surface area (Å²) in [6.07, 6.45) is 5.28. The summed E-state index contributed by atoms with van der Waals surface area (Å²) < 4.78 is 5.32. The van der Waals surface area contributed by atoms with E-state index in [0.717, 1.165) is 12.8 Å². The quantitative estimate of drug-likeness (QED) is 0.902. The van der Waals surface area contributed by atoms with Gasteiger partial charge in [0.25, 0.3) is 0 Å². The number of rotatable bonds is 3. The summed E-state index contributed by atoms with van der Waals surface area (Å²) in [6, 6.07) is 3.78. The van der Waals surface area contributed by atoms with Gasteiger partial charge in [-0.3, -0.25) is 14.6 Å². The van der Waals surface area contributed by atoms with Crippen LogP contribution in [-0.2, 0) is 14.3 Å². The molecule has 2 amide bonds. The van der Waals surface area contributed by atoms with E-state index in [9.17, 15) is 9.59 Å². The standard InChI is InChI=1S/C15H19N3O3/c19-14-8-11(10-18(14)13-3-6-21-7-4-13)15(20)17-12-2-1-5-16-9-12/h1-2,5,9,11,13H,3-4,6-8,10H2,(H,17,20)/t11-/m1/s1. The zero-order valence-corrected chi connectivity index (χ0v) is 11.8. The molecule has 0 bridgehead atoms. The Bertz CT molecular complexity index is 514. The number of aromatic nitrogens is 1. The van der Waals surface area contributed by atoms with E-state index >= 15 is 0 Å². The molecule has 3 heterocycles. The Balaban J connectivity index is 1.60. The number of anilines is 1. The fourth-order valence-electron chi connectivity index (χ4n) is 2.94. The number of hydrogen-bond donors (Lipinski definition) is 1. The molecule has 6 heteroatoms. The van der Waals surface area contributed by atoms with Gasteiger partial charge in [0.2, 0.25) is 11.8 Å². The molecule has 3 rings (SSSR count). The summed E-state index contributed by atoms with van der Waals surface area (Å²) in [5.74, 6) is -0.306. The summed E-state index contributed by atoms with van der Waals surface area (Å²) in [7, 11) is 0. The first-order valence-corrected chi connectivity index (χ1v) is 7.32. The molecule has 21 heavy (non-hydrogen) atoms. The van der Waals surface area contributed by atoms with Gasteiger partial charge in [-0.15, -0.1) is 0 Å². The van der Waals surface area contributed by atoms with Crippen LogP contribution in [0.2, 0.25) is 0 Å².